The number of nitrogens with zero attached hydrogens (tertiary/aromatic N) is 3. The summed E-state index contributed by atoms with van der Waals surface area (Å²) in [7, 11) is 0. The second-order valence-electron chi connectivity index (χ2n) is 7.41. The minimum absolute atomic E-state index is 0.0604. The van der Waals surface area contributed by atoms with Crippen LogP contribution in [0.5, 0.6) is 0 Å². The first kappa shape index (κ1) is 15.7. The topological polar surface area (TPSA) is 48.5 Å². The second kappa shape index (κ2) is 6.22. The van der Waals surface area contributed by atoms with Gasteiger partial charge in [-0.2, -0.15) is 0 Å². The minimum Gasteiger partial charge on any atom is -0.352 e. The maximum atomic E-state index is 13.9. The number of hydrogen-bond donors (Lipinski definition) is 1. The van der Waals surface area contributed by atoms with Gasteiger partial charge in [0.1, 0.15) is 0 Å². The average Bonchev–Trinajstić information content (AvgIpc) is 3.47. The van der Waals surface area contributed by atoms with Crippen molar-refractivity contribution in [2.24, 2.45) is 5.92 Å². The summed E-state index contributed by atoms with van der Waals surface area (Å²) in [4.78, 5) is 20.9. The molecule has 1 aromatic rings. The van der Waals surface area contributed by atoms with E-state index in [1.165, 1.54) is 18.9 Å². The van der Waals surface area contributed by atoms with E-state index in [-0.39, 0.29) is 17.9 Å². The molecular formula is C18H25FN4O. The van der Waals surface area contributed by atoms with Crippen LogP contribution in [0.15, 0.2) is 18.3 Å². The molecule has 4 rings (SSSR count). The van der Waals surface area contributed by atoms with Gasteiger partial charge < -0.3 is 15.1 Å². The Labute approximate surface area is 142 Å². The van der Waals surface area contributed by atoms with Crippen molar-refractivity contribution < 1.29 is 9.18 Å². The Bertz CT molecular complexity index is 617. The van der Waals surface area contributed by atoms with Crippen molar-refractivity contribution in [1.82, 2.24) is 15.2 Å². The summed E-state index contributed by atoms with van der Waals surface area (Å²) in [6, 6.07) is 3.91. The lowest BCUT2D eigenvalue weighted by molar-refractivity contribution is 0.164. The van der Waals surface area contributed by atoms with E-state index in [1.807, 2.05) is 4.90 Å². The predicted octanol–water partition coefficient (Wildman–Crippen LogP) is 2.77. The minimum atomic E-state index is -0.300. The van der Waals surface area contributed by atoms with E-state index in [0.717, 1.165) is 25.8 Å². The molecule has 0 radical (unpaired) electrons. The van der Waals surface area contributed by atoms with Crippen LogP contribution in [-0.2, 0) is 0 Å². The first-order chi connectivity index (χ1) is 11.6. The van der Waals surface area contributed by atoms with Gasteiger partial charge in [0, 0.05) is 37.4 Å². The molecule has 1 N–H and O–H groups in total. The van der Waals surface area contributed by atoms with Crippen molar-refractivity contribution in [3.63, 3.8) is 0 Å². The van der Waals surface area contributed by atoms with Crippen LogP contribution in [0.1, 0.15) is 39.0 Å². The molecule has 1 saturated heterocycles. The number of hydrogen-bond acceptors (Lipinski definition) is 3. The summed E-state index contributed by atoms with van der Waals surface area (Å²) in [5.41, 5.74) is 0. The summed E-state index contributed by atoms with van der Waals surface area (Å²) in [5, 5.41) is 3.18. The van der Waals surface area contributed by atoms with Crippen LogP contribution >= 0.6 is 0 Å². The lowest BCUT2D eigenvalue weighted by Gasteiger charge is -2.31. The van der Waals surface area contributed by atoms with Crippen molar-refractivity contribution in [2.75, 3.05) is 18.0 Å². The molecule has 3 fully saturated rings. The SMILES string of the molecule is C[C@H](C1CC1)N(C(=O)N[C@@H]1CCN(c2ncccc2F)C1)C1CC1. The zero-order valence-corrected chi connectivity index (χ0v) is 14.1. The molecule has 5 nitrogen and oxygen atoms in total. The van der Waals surface area contributed by atoms with Crippen molar-refractivity contribution >= 4 is 11.8 Å². The van der Waals surface area contributed by atoms with Gasteiger partial charge in [0.2, 0.25) is 0 Å². The summed E-state index contributed by atoms with van der Waals surface area (Å²) >= 11 is 0. The zero-order chi connectivity index (χ0) is 16.7. The molecule has 130 valence electrons. The molecule has 0 bridgehead atoms. The van der Waals surface area contributed by atoms with E-state index in [4.69, 9.17) is 0 Å². The normalized spacial score (nSPS) is 24.8. The molecule has 3 aliphatic rings. The molecule has 0 unspecified atom stereocenters. The number of nitrogens with one attached hydrogen (secondary N) is 1. The second-order valence-corrected chi connectivity index (χ2v) is 7.41. The molecule has 0 spiro atoms. The van der Waals surface area contributed by atoms with E-state index in [9.17, 15) is 9.18 Å². The highest BCUT2D eigenvalue weighted by Crippen LogP contribution is 2.39. The average molecular weight is 332 g/mol. The predicted molar refractivity (Wildman–Crippen MR) is 90.4 cm³/mol. The van der Waals surface area contributed by atoms with Crippen molar-refractivity contribution in [3.8, 4) is 0 Å². The zero-order valence-electron chi connectivity index (χ0n) is 14.1. The summed E-state index contributed by atoms with van der Waals surface area (Å²) in [6.45, 7) is 3.52. The van der Waals surface area contributed by atoms with E-state index >= 15 is 0 Å². The third kappa shape index (κ3) is 3.19. The first-order valence-electron chi connectivity index (χ1n) is 9.08. The molecule has 2 heterocycles. The van der Waals surface area contributed by atoms with Crippen molar-refractivity contribution in [2.45, 2.75) is 57.2 Å². The molecule has 0 aromatic carbocycles. The third-order valence-electron chi connectivity index (χ3n) is 5.47. The van der Waals surface area contributed by atoms with E-state index < -0.39 is 0 Å². The number of anilines is 1. The number of carbonyl (C=O) groups excluding carboxylic acids is 1. The van der Waals surface area contributed by atoms with Crippen LogP contribution in [0, 0.1) is 11.7 Å². The molecule has 24 heavy (non-hydrogen) atoms. The number of pyridine rings is 1. The quantitative estimate of drug-likeness (QED) is 0.902. The van der Waals surface area contributed by atoms with E-state index in [2.05, 4.69) is 22.1 Å². The number of aromatic nitrogens is 1. The fraction of sp³-hybridized carbons (Fsp3) is 0.667. The number of amides is 2. The molecule has 6 heteroatoms. The van der Waals surface area contributed by atoms with E-state index in [1.54, 1.807) is 12.3 Å². The van der Waals surface area contributed by atoms with Gasteiger partial charge in [-0.3, -0.25) is 0 Å². The molecule has 2 amide bonds. The summed E-state index contributed by atoms with van der Waals surface area (Å²) in [5.74, 6) is 0.769. The van der Waals surface area contributed by atoms with E-state index in [0.29, 0.717) is 30.4 Å². The molecule has 2 saturated carbocycles. The molecule has 2 atom stereocenters. The van der Waals surface area contributed by atoms with Gasteiger partial charge in [0.05, 0.1) is 0 Å². The van der Waals surface area contributed by atoms with Gasteiger partial charge in [0.15, 0.2) is 11.6 Å². The highest BCUT2D eigenvalue weighted by atomic mass is 19.1. The largest absolute Gasteiger partial charge is 0.352 e. The van der Waals surface area contributed by atoms with Crippen LogP contribution in [-0.4, -0.2) is 47.1 Å². The Balaban J connectivity index is 1.37. The maximum absolute atomic E-state index is 13.9. The lowest BCUT2D eigenvalue weighted by Crippen LogP contribution is -2.50. The van der Waals surface area contributed by atoms with Crippen molar-refractivity contribution in [3.05, 3.63) is 24.1 Å². The molecule has 1 aromatic heterocycles. The lowest BCUT2D eigenvalue weighted by atomic mass is 10.2. The van der Waals surface area contributed by atoms with Gasteiger partial charge in [-0.15, -0.1) is 0 Å². The van der Waals surface area contributed by atoms with Crippen LogP contribution in [0.2, 0.25) is 0 Å². The highest BCUT2D eigenvalue weighted by molar-refractivity contribution is 5.76. The Hall–Kier alpha value is -1.85. The molecule has 2 aliphatic carbocycles. The summed E-state index contributed by atoms with van der Waals surface area (Å²) in [6.07, 6.45) is 7.18. The fourth-order valence-corrected chi connectivity index (χ4v) is 3.77. The number of carbonyl (C=O) groups is 1. The van der Waals surface area contributed by atoms with Crippen LogP contribution in [0.25, 0.3) is 0 Å². The standard InChI is InChI=1S/C18H25FN4O/c1-12(13-4-5-13)23(15-6-7-15)18(24)21-14-8-10-22(11-14)17-16(19)3-2-9-20-17/h2-3,9,12-15H,4-8,10-11H2,1H3,(H,21,24)/t12-,14-/m1/s1. The summed E-state index contributed by atoms with van der Waals surface area (Å²) < 4.78 is 13.9. The third-order valence-corrected chi connectivity index (χ3v) is 5.47. The van der Waals surface area contributed by atoms with Gasteiger partial charge in [-0.05, 0) is 57.1 Å². The Morgan fingerprint density at radius 3 is 2.83 bits per heavy atom. The Morgan fingerprint density at radius 2 is 2.17 bits per heavy atom. The molecular weight excluding hydrogens is 307 g/mol. The van der Waals surface area contributed by atoms with Crippen LogP contribution in [0.4, 0.5) is 15.0 Å². The van der Waals surface area contributed by atoms with Crippen LogP contribution < -0.4 is 10.2 Å². The van der Waals surface area contributed by atoms with Crippen molar-refractivity contribution in [1.29, 1.82) is 0 Å². The van der Waals surface area contributed by atoms with Gasteiger partial charge >= 0.3 is 6.03 Å². The Morgan fingerprint density at radius 1 is 1.38 bits per heavy atom. The van der Waals surface area contributed by atoms with Gasteiger partial charge in [0.25, 0.3) is 0 Å². The number of halogens is 1. The first-order valence-corrected chi connectivity index (χ1v) is 9.08. The highest BCUT2D eigenvalue weighted by Gasteiger charge is 2.42. The van der Waals surface area contributed by atoms with Gasteiger partial charge in [-0.1, -0.05) is 0 Å². The Kier molecular flexibility index (Phi) is 4.06. The number of urea groups is 1. The van der Waals surface area contributed by atoms with Gasteiger partial charge in [-0.25, -0.2) is 14.2 Å². The maximum Gasteiger partial charge on any atom is 0.318 e. The monoisotopic (exact) mass is 332 g/mol. The smallest absolute Gasteiger partial charge is 0.318 e. The fourth-order valence-electron chi connectivity index (χ4n) is 3.77. The number of rotatable bonds is 5. The van der Waals surface area contributed by atoms with Crippen LogP contribution in [0.3, 0.4) is 0 Å². The molecule has 1 aliphatic heterocycles.